The van der Waals surface area contributed by atoms with Crippen molar-refractivity contribution in [2.45, 2.75) is 32.1 Å². The third kappa shape index (κ3) is 3.08. The Balaban J connectivity index is 1.89. The summed E-state index contributed by atoms with van der Waals surface area (Å²) >= 11 is 3.42. The van der Waals surface area contributed by atoms with E-state index in [4.69, 9.17) is 0 Å². The second-order valence-corrected chi connectivity index (χ2v) is 5.24. The maximum absolute atomic E-state index is 11.8. The number of benzene rings is 1. The number of rotatable bonds is 3. The van der Waals surface area contributed by atoms with Crippen LogP contribution in [0, 0.1) is 5.92 Å². The summed E-state index contributed by atoms with van der Waals surface area (Å²) in [7, 11) is 0. The van der Waals surface area contributed by atoms with Gasteiger partial charge in [-0.15, -0.1) is 0 Å². The first-order valence-corrected chi connectivity index (χ1v) is 6.59. The van der Waals surface area contributed by atoms with Gasteiger partial charge in [0.05, 0.1) is 5.69 Å². The highest BCUT2D eigenvalue weighted by Crippen LogP contribution is 2.28. The molecule has 0 aliphatic heterocycles. The minimum absolute atomic E-state index is 0.138. The van der Waals surface area contributed by atoms with Crippen molar-refractivity contribution in [2.75, 3.05) is 5.32 Å². The molecule has 0 spiro atoms. The van der Waals surface area contributed by atoms with E-state index in [1.165, 1.54) is 25.7 Å². The predicted octanol–water partition coefficient (Wildman–Crippen LogP) is 3.97. The first-order valence-electron chi connectivity index (χ1n) is 5.80. The van der Waals surface area contributed by atoms with Gasteiger partial charge in [0.15, 0.2) is 0 Å². The van der Waals surface area contributed by atoms with Crippen molar-refractivity contribution in [3.8, 4) is 0 Å². The second-order valence-electron chi connectivity index (χ2n) is 4.38. The van der Waals surface area contributed by atoms with E-state index in [0.717, 1.165) is 10.2 Å². The molecule has 1 fully saturated rings. The number of hydrogen-bond acceptors (Lipinski definition) is 1. The lowest BCUT2D eigenvalue weighted by molar-refractivity contribution is -0.117. The SMILES string of the molecule is O=C(CC1CCCC1)Nc1ccccc1Br. The summed E-state index contributed by atoms with van der Waals surface area (Å²) in [4.78, 5) is 11.8. The fourth-order valence-corrected chi connectivity index (χ4v) is 2.62. The normalized spacial score (nSPS) is 16.3. The molecule has 3 heteroatoms. The van der Waals surface area contributed by atoms with Crippen molar-refractivity contribution in [1.82, 2.24) is 0 Å². The third-order valence-electron chi connectivity index (χ3n) is 3.10. The summed E-state index contributed by atoms with van der Waals surface area (Å²) < 4.78 is 0.940. The maximum Gasteiger partial charge on any atom is 0.224 e. The molecule has 0 saturated heterocycles. The average molecular weight is 282 g/mol. The molecule has 1 N–H and O–H groups in total. The standard InChI is InChI=1S/C13H16BrNO/c14-11-7-3-4-8-12(11)15-13(16)9-10-5-1-2-6-10/h3-4,7-8,10H,1-2,5-6,9H2,(H,15,16). The highest BCUT2D eigenvalue weighted by atomic mass is 79.9. The fraction of sp³-hybridized carbons (Fsp3) is 0.462. The van der Waals surface area contributed by atoms with Crippen LogP contribution in [0.4, 0.5) is 5.69 Å². The minimum atomic E-state index is 0.138. The molecule has 1 aliphatic rings. The molecule has 86 valence electrons. The van der Waals surface area contributed by atoms with Crippen molar-refractivity contribution in [3.05, 3.63) is 28.7 Å². The monoisotopic (exact) mass is 281 g/mol. The smallest absolute Gasteiger partial charge is 0.224 e. The molecule has 0 atom stereocenters. The van der Waals surface area contributed by atoms with Crippen molar-refractivity contribution >= 4 is 27.5 Å². The lowest BCUT2D eigenvalue weighted by Crippen LogP contribution is -2.15. The lowest BCUT2D eigenvalue weighted by Gasteiger charge is -2.10. The molecule has 16 heavy (non-hydrogen) atoms. The van der Waals surface area contributed by atoms with E-state index < -0.39 is 0 Å². The molecular weight excluding hydrogens is 266 g/mol. The molecule has 1 amide bonds. The van der Waals surface area contributed by atoms with Crippen LogP contribution >= 0.6 is 15.9 Å². The summed E-state index contributed by atoms with van der Waals surface area (Å²) in [6.07, 6.45) is 5.66. The number of carbonyl (C=O) groups is 1. The summed E-state index contributed by atoms with van der Waals surface area (Å²) in [6.45, 7) is 0. The Labute approximate surface area is 105 Å². The molecule has 2 rings (SSSR count). The highest BCUT2D eigenvalue weighted by molar-refractivity contribution is 9.10. The average Bonchev–Trinajstić information content (AvgIpc) is 2.74. The largest absolute Gasteiger partial charge is 0.325 e. The quantitative estimate of drug-likeness (QED) is 0.893. The van der Waals surface area contributed by atoms with Gasteiger partial charge in [-0.1, -0.05) is 25.0 Å². The van der Waals surface area contributed by atoms with Crippen LogP contribution in [0.15, 0.2) is 28.7 Å². The Morgan fingerprint density at radius 1 is 1.31 bits per heavy atom. The number of hydrogen-bond donors (Lipinski definition) is 1. The molecule has 1 aromatic carbocycles. The van der Waals surface area contributed by atoms with E-state index in [1.54, 1.807) is 0 Å². The predicted molar refractivity (Wildman–Crippen MR) is 69.3 cm³/mol. The lowest BCUT2D eigenvalue weighted by atomic mass is 10.0. The maximum atomic E-state index is 11.8. The molecule has 0 radical (unpaired) electrons. The molecule has 1 aromatic rings. The second kappa shape index (κ2) is 5.48. The van der Waals surface area contributed by atoms with E-state index in [9.17, 15) is 4.79 Å². The van der Waals surface area contributed by atoms with E-state index in [2.05, 4.69) is 21.2 Å². The van der Waals surface area contributed by atoms with Crippen molar-refractivity contribution in [1.29, 1.82) is 0 Å². The van der Waals surface area contributed by atoms with Gasteiger partial charge in [0.2, 0.25) is 5.91 Å². The highest BCUT2D eigenvalue weighted by Gasteiger charge is 2.18. The zero-order valence-corrected chi connectivity index (χ0v) is 10.8. The number of amides is 1. The van der Waals surface area contributed by atoms with Gasteiger partial charge in [0, 0.05) is 10.9 Å². The number of halogens is 1. The summed E-state index contributed by atoms with van der Waals surface area (Å²) in [5.41, 5.74) is 0.866. The molecule has 2 nitrogen and oxygen atoms in total. The van der Waals surface area contributed by atoms with E-state index in [1.807, 2.05) is 24.3 Å². The van der Waals surface area contributed by atoms with Crippen molar-refractivity contribution < 1.29 is 4.79 Å². The fourth-order valence-electron chi connectivity index (χ4n) is 2.24. The van der Waals surface area contributed by atoms with Gasteiger partial charge >= 0.3 is 0 Å². The molecule has 0 bridgehead atoms. The van der Waals surface area contributed by atoms with E-state index >= 15 is 0 Å². The minimum Gasteiger partial charge on any atom is -0.325 e. The zero-order chi connectivity index (χ0) is 11.4. The first kappa shape index (κ1) is 11.6. The Kier molecular flexibility index (Phi) is 3.99. The Bertz CT molecular complexity index is 372. The molecular formula is C13H16BrNO. The Hall–Kier alpha value is -0.830. The summed E-state index contributed by atoms with van der Waals surface area (Å²) in [5, 5.41) is 2.95. The summed E-state index contributed by atoms with van der Waals surface area (Å²) in [6, 6.07) is 7.72. The van der Waals surface area contributed by atoms with Crippen LogP contribution in [0.5, 0.6) is 0 Å². The number of anilines is 1. The van der Waals surface area contributed by atoms with Gasteiger partial charge in [-0.3, -0.25) is 4.79 Å². The Morgan fingerprint density at radius 2 is 2.00 bits per heavy atom. The van der Waals surface area contributed by atoms with Crippen LogP contribution in [0.2, 0.25) is 0 Å². The van der Waals surface area contributed by atoms with Gasteiger partial charge in [-0.05, 0) is 46.8 Å². The van der Waals surface area contributed by atoms with Gasteiger partial charge in [-0.2, -0.15) is 0 Å². The van der Waals surface area contributed by atoms with Gasteiger partial charge in [0.25, 0.3) is 0 Å². The van der Waals surface area contributed by atoms with Gasteiger partial charge < -0.3 is 5.32 Å². The third-order valence-corrected chi connectivity index (χ3v) is 3.79. The van der Waals surface area contributed by atoms with Gasteiger partial charge in [-0.25, -0.2) is 0 Å². The van der Waals surface area contributed by atoms with Crippen LogP contribution in [0.25, 0.3) is 0 Å². The molecule has 0 unspecified atom stereocenters. The Morgan fingerprint density at radius 3 is 2.69 bits per heavy atom. The molecule has 1 aliphatic carbocycles. The zero-order valence-electron chi connectivity index (χ0n) is 9.21. The van der Waals surface area contributed by atoms with Gasteiger partial charge in [0.1, 0.15) is 0 Å². The molecule has 0 heterocycles. The van der Waals surface area contributed by atoms with Crippen LogP contribution in [0.3, 0.4) is 0 Å². The molecule has 0 aromatic heterocycles. The van der Waals surface area contributed by atoms with Crippen molar-refractivity contribution in [2.24, 2.45) is 5.92 Å². The van der Waals surface area contributed by atoms with Crippen LogP contribution in [0.1, 0.15) is 32.1 Å². The first-order chi connectivity index (χ1) is 7.75. The van der Waals surface area contributed by atoms with E-state index in [0.29, 0.717) is 12.3 Å². The number of nitrogens with one attached hydrogen (secondary N) is 1. The summed E-state index contributed by atoms with van der Waals surface area (Å²) in [5.74, 6) is 0.737. The van der Waals surface area contributed by atoms with Crippen LogP contribution in [-0.4, -0.2) is 5.91 Å². The van der Waals surface area contributed by atoms with E-state index in [-0.39, 0.29) is 5.91 Å². The molecule has 1 saturated carbocycles. The van der Waals surface area contributed by atoms with Crippen molar-refractivity contribution in [3.63, 3.8) is 0 Å². The number of carbonyl (C=O) groups excluding carboxylic acids is 1. The van der Waals surface area contributed by atoms with Crippen LogP contribution in [-0.2, 0) is 4.79 Å². The van der Waals surface area contributed by atoms with Crippen LogP contribution < -0.4 is 5.32 Å². The topological polar surface area (TPSA) is 29.1 Å². The number of para-hydroxylation sites is 1.